The molecule has 1 aromatic carbocycles. The van der Waals surface area contributed by atoms with Crippen LogP contribution < -0.4 is 5.32 Å². The zero-order valence-electron chi connectivity index (χ0n) is 11.4. The van der Waals surface area contributed by atoms with Crippen LogP contribution in [0.2, 0.25) is 0 Å². The molecule has 4 rings (SSSR count). The molecule has 0 bridgehead atoms. The first-order chi connectivity index (χ1) is 10.8. The number of amides is 1. The van der Waals surface area contributed by atoms with E-state index in [2.05, 4.69) is 10.3 Å². The number of fused-ring (bicyclic) bond motifs is 1. The second kappa shape index (κ2) is 5.16. The van der Waals surface area contributed by atoms with Gasteiger partial charge in [-0.25, -0.2) is 4.98 Å². The molecule has 0 fully saturated rings. The average molecular weight is 309 g/mol. The molecule has 108 valence electrons. The zero-order chi connectivity index (χ0) is 14.9. The number of thiazole rings is 1. The summed E-state index contributed by atoms with van der Waals surface area (Å²) in [4.78, 5) is 17.4. The van der Waals surface area contributed by atoms with E-state index in [1.54, 1.807) is 23.5 Å². The molecule has 3 heterocycles. The number of benzene rings is 1. The van der Waals surface area contributed by atoms with Gasteiger partial charge in [-0.2, -0.15) is 0 Å². The fraction of sp³-hybridized carbons (Fsp3) is 0. The second-order valence-electron chi connectivity index (χ2n) is 4.73. The Hall–Kier alpha value is -2.86. The van der Waals surface area contributed by atoms with E-state index in [9.17, 15) is 4.79 Å². The van der Waals surface area contributed by atoms with Gasteiger partial charge in [0.2, 0.25) is 0 Å². The molecule has 0 unspecified atom stereocenters. The van der Waals surface area contributed by atoms with Crippen LogP contribution in [0.3, 0.4) is 0 Å². The van der Waals surface area contributed by atoms with Crippen molar-refractivity contribution in [3.63, 3.8) is 0 Å². The number of nitrogens with zero attached hydrogens (tertiary/aromatic N) is 2. The van der Waals surface area contributed by atoms with E-state index in [1.807, 2.05) is 46.4 Å². The summed E-state index contributed by atoms with van der Waals surface area (Å²) < 4.78 is 7.05. The molecule has 0 atom stereocenters. The van der Waals surface area contributed by atoms with Crippen molar-refractivity contribution in [2.75, 3.05) is 5.32 Å². The van der Waals surface area contributed by atoms with Crippen molar-refractivity contribution in [1.82, 2.24) is 9.38 Å². The summed E-state index contributed by atoms with van der Waals surface area (Å²) in [5, 5.41) is 4.79. The van der Waals surface area contributed by atoms with E-state index >= 15 is 0 Å². The quantitative estimate of drug-likeness (QED) is 0.624. The van der Waals surface area contributed by atoms with Crippen molar-refractivity contribution in [2.24, 2.45) is 0 Å². The van der Waals surface area contributed by atoms with Gasteiger partial charge in [0.1, 0.15) is 0 Å². The lowest BCUT2D eigenvalue weighted by Gasteiger charge is -2.04. The zero-order valence-corrected chi connectivity index (χ0v) is 12.2. The fourth-order valence-electron chi connectivity index (χ4n) is 2.19. The smallest absolute Gasteiger partial charge is 0.291 e. The first-order valence-corrected chi connectivity index (χ1v) is 7.55. The van der Waals surface area contributed by atoms with Crippen LogP contribution in [0.4, 0.5) is 5.69 Å². The first kappa shape index (κ1) is 12.8. The van der Waals surface area contributed by atoms with E-state index in [4.69, 9.17) is 4.42 Å². The van der Waals surface area contributed by atoms with E-state index in [0.29, 0.717) is 11.4 Å². The number of carbonyl (C=O) groups excluding carboxylic acids is 1. The van der Waals surface area contributed by atoms with Gasteiger partial charge in [0.25, 0.3) is 5.91 Å². The third-order valence-corrected chi connectivity index (χ3v) is 4.05. The van der Waals surface area contributed by atoms with Crippen LogP contribution in [0.5, 0.6) is 0 Å². The highest BCUT2D eigenvalue weighted by Crippen LogP contribution is 2.23. The Bertz CT molecular complexity index is 892. The van der Waals surface area contributed by atoms with Gasteiger partial charge in [0, 0.05) is 29.0 Å². The van der Waals surface area contributed by atoms with E-state index in [0.717, 1.165) is 16.2 Å². The number of furan rings is 1. The Morgan fingerprint density at radius 3 is 2.82 bits per heavy atom. The number of aromatic nitrogens is 2. The number of imidazole rings is 1. The molecule has 4 aromatic rings. The van der Waals surface area contributed by atoms with Crippen LogP contribution in [0.15, 0.2) is 64.9 Å². The third kappa shape index (κ3) is 2.29. The molecule has 0 radical (unpaired) electrons. The molecule has 0 spiro atoms. The van der Waals surface area contributed by atoms with Gasteiger partial charge in [-0.15, -0.1) is 11.3 Å². The third-order valence-electron chi connectivity index (χ3n) is 3.28. The summed E-state index contributed by atoms with van der Waals surface area (Å²) in [6.07, 6.45) is 5.44. The Morgan fingerprint density at radius 2 is 2.09 bits per heavy atom. The molecule has 22 heavy (non-hydrogen) atoms. The summed E-state index contributed by atoms with van der Waals surface area (Å²) in [7, 11) is 0. The normalized spacial score (nSPS) is 10.9. The van der Waals surface area contributed by atoms with Crippen molar-refractivity contribution in [1.29, 1.82) is 0 Å². The first-order valence-electron chi connectivity index (χ1n) is 6.67. The molecule has 6 heteroatoms. The van der Waals surface area contributed by atoms with Crippen LogP contribution >= 0.6 is 11.3 Å². The van der Waals surface area contributed by atoms with Gasteiger partial charge >= 0.3 is 0 Å². The van der Waals surface area contributed by atoms with Crippen LogP contribution in [0.25, 0.3) is 16.2 Å². The minimum absolute atomic E-state index is 0.264. The Balaban J connectivity index is 1.55. The van der Waals surface area contributed by atoms with Gasteiger partial charge in [-0.1, -0.05) is 12.1 Å². The van der Waals surface area contributed by atoms with Gasteiger partial charge in [0.15, 0.2) is 10.7 Å². The minimum atomic E-state index is -0.264. The summed E-state index contributed by atoms with van der Waals surface area (Å²) in [6, 6.07) is 10.9. The van der Waals surface area contributed by atoms with Crippen molar-refractivity contribution in [3.05, 3.63) is 66.2 Å². The largest absolute Gasteiger partial charge is 0.459 e. The second-order valence-corrected chi connectivity index (χ2v) is 5.60. The van der Waals surface area contributed by atoms with Crippen molar-refractivity contribution < 1.29 is 9.21 Å². The lowest BCUT2D eigenvalue weighted by atomic mass is 10.1. The van der Waals surface area contributed by atoms with Crippen LogP contribution in [0, 0.1) is 0 Å². The van der Waals surface area contributed by atoms with Gasteiger partial charge in [-0.05, 0) is 24.3 Å². The predicted octanol–water partition coefficient (Wildman–Crippen LogP) is 3.91. The van der Waals surface area contributed by atoms with Crippen LogP contribution in [0.1, 0.15) is 10.6 Å². The number of anilines is 1. The van der Waals surface area contributed by atoms with Gasteiger partial charge < -0.3 is 9.73 Å². The summed E-state index contributed by atoms with van der Waals surface area (Å²) in [5.41, 5.74) is 2.63. The molecule has 0 saturated carbocycles. The highest BCUT2D eigenvalue weighted by atomic mass is 32.1. The van der Waals surface area contributed by atoms with Crippen LogP contribution in [-0.4, -0.2) is 15.3 Å². The summed E-state index contributed by atoms with van der Waals surface area (Å²) in [5.74, 6) is 0.0265. The lowest BCUT2D eigenvalue weighted by molar-refractivity contribution is 0.0996. The van der Waals surface area contributed by atoms with Gasteiger partial charge in [0.05, 0.1) is 12.0 Å². The maximum atomic E-state index is 11.9. The Labute approximate surface area is 129 Å². The van der Waals surface area contributed by atoms with E-state index in [-0.39, 0.29) is 5.91 Å². The van der Waals surface area contributed by atoms with E-state index < -0.39 is 0 Å². The number of hydrogen-bond donors (Lipinski definition) is 1. The molecule has 0 saturated heterocycles. The molecular formula is C16H11N3O2S. The minimum Gasteiger partial charge on any atom is -0.459 e. The highest BCUT2D eigenvalue weighted by molar-refractivity contribution is 7.15. The summed E-state index contributed by atoms with van der Waals surface area (Å²) >= 11 is 1.60. The Kier molecular flexibility index (Phi) is 3.01. The monoisotopic (exact) mass is 309 g/mol. The fourth-order valence-corrected chi connectivity index (χ4v) is 2.89. The topological polar surface area (TPSA) is 59.5 Å². The Morgan fingerprint density at radius 1 is 1.23 bits per heavy atom. The molecule has 0 aliphatic heterocycles. The summed E-state index contributed by atoms with van der Waals surface area (Å²) in [6.45, 7) is 0. The molecule has 1 amide bonds. The SMILES string of the molecule is O=C(Nc1ccc(-c2cn3ccsc3n2)cc1)c1ccco1. The predicted molar refractivity (Wildman–Crippen MR) is 85.2 cm³/mol. The molecule has 1 N–H and O–H groups in total. The lowest BCUT2D eigenvalue weighted by Crippen LogP contribution is -2.10. The van der Waals surface area contributed by atoms with E-state index in [1.165, 1.54) is 6.26 Å². The molecular weight excluding hydrogens is 298 g/mol. The van der Waals surface area contributed by atoms with Crippen LogP contribution in [-0.2, 0) is 0 Å². The molecule has 5 nitrogen and oxygen atoms in total. The van der Waals surface area contributed by atoms with Crippen molar-refractivity contribution in [2.45, 2.75) is 0 Å². The number of rotatable bonds is 3. The average Bonchev–Trinajstić information content (AvgIpc) is 3.24. The maximum absolute atomic E-state index is 11.9. The standard InChI is InChI=1S/C16H11N3O2S/c20-15(14-2-1-8-21-14)17-12-5-3-11(4-6-12)13-10-19-7-9-22-16(19)18-13/h1-10H,(H,17,20). The van der Waals surface area contributed by atoms with Crippen molar-refractivity contribution in [3.8, 4) is 11.3 Å². The molecule has 0 aliphatic rings. The van der Waals surface area contributed by atoms with Crippen molar-refractivity contribution >= 4 is 27.9 Å². The number of hydrogen-bond acceptors (Lipinski definition) is 4. The number of carbonyl (C=O) groups is 1. The maximum Gasteiger partial charge on any atom is 0.291 e. The highest BCUT2D eigenvalue weighted by Gasteiger charge is 2.09. The molecule has 0 aliphatic carbocycles. The molecule has 3 aromatic heterocycles. The van der Waals surface area contributed by atoms with Gasteiger partial charge in [-0.3, -0.25) is 9.20 Å². The number of nitrogens with one attached hydrogen (secondary N) is 1.